The Labute approximate surface area is 104 Å². The number of benzene rings is 1. The van der Waals surface area contributed by atoms with Gasteiger partial charge in [-0.05, 0) is 17.7 Å². The summed E-state index contributed by atoms with van der Waals surface area (Å²) < 4.78 is 19.8. The van der Waals surface area contributed by atoms with E-state index in [1.807, 2.05) is 0 Å². The minimum Gasteiger partial charge on any atom is -0.494 e. The van der Waals surface area contributed by atoms with Crippen molar-refractivity contribution in [2.24, 2.45) is 7.05 Å². The quantitative estimate of drug-likeness (QED) is 0.777. The highest BCUT2D eigenvalue weighted by Gasteiger charge is 2.11. The summed E-state index contributed by atoms with van der Waals surface area (Å²) in [4.78, 5) is 11.9. The lowest BCUT2D eigenvalue weighted by molar-refractivity contribution is 0.0993. The van der Waals surface area contributed by atoms with E-state index in [9.17, 15) is 9.18 Å². The van der Waals surface area contributed by atoms with Gasteiger partial charge in [0.25, 0.3) is 0 Å². The number of hydrogen-bond donors (Lipinski definition) is 0. The highest BCUT2D eigenvalue weighted by Crippen LogP contribution is 2.18. The molecule has 1 aromatic heterocycles. The molecule has 0 unspecified atom stereocenters. The number of halogens is 1. The van der Waals surface area contributed by atoms with E-state index in [0.29, 0.717) is 11.1 Å². The molecule has 94 valence electrons. The molecule has 0 aliphatic heterocycles. The van der Waals surface area contributed by atoms with Crippen molar-refractivity contribution in [2.75, 3.05) is 7.11 Å². The number of ketones is 1. The van der Waals surface area contributed by atoms with Gasteiger partial charge in [-0.1, -0.05) is 6.07 Å². The molecule has 0 aliphatic carbocycles. The Hall–Kier alpha value is -2.17. The molecule has 0 bridgehead atoms. The fourth-order valence-corrected chi connectivity index (χ4v) is 1.67. The highest BCUT2D eigenvalue weighted by molar-refractivity contribution is 5.97. The number of carbonyl (C=O) groups excluding carboxylic acids is 1. The molecule has 0 radical (unpaired) electrons. The summed E-state index contributed by atoms with van der Waals surface area (Å²) in [6.07, 6.45) is 3.29. The fourth-order valence-electron chi connectivity index (χ4n) is 1.67. The Kier molecular flexibility index (Phi) is 3.41. The molecule has 2 rings (SSSR count). The van der Waals surface area contributed by atoms with Gasteiger partial charge in [-0.2, -0.15) is 5.10 Å². The Bertz CT molecular complexity index is 578. The Morgan fingerprint density at radius 2 is 2.28 bits per heavy atom. The number of methoxy groups -OCH3 is 1. The summed E-state index contributed by atoms with van der Waals surface area (Å²) >= 11 is 0. The first-order valence-corrected chi connectivity index (χ1v) is 5.44. The third-order valence-electron chi connectivity index (χ3n) is 2.61. The van der Waals surface area contributed by atoms with E-state index in [1.54, 1.807) is 24.0 Å². The van der Waals surface area contributed by atoms with Gasteiger partial charge in [0, 0.05) is 19.7 Å². The lowest BCUT2D eigenvalue weighted by Crippen LogP contribution is -2.03. The predicted octanol–water partition coefficient (Wildman–Crippen LogP) is 1.99. The lowest BCUT2D eigenvalue weighted by Gasteiger charge is -2.04. The molecule has 1 aromatic carbocycles. The van der Waals surface area contributed by atoms with Crippen LogP contribution in [0.15, 0.2) is 30.6 Å². The summed E-state index contributed by atoms with van der Waals surface area (Å²) in [6.45, 7) is 0. The molecular formula is C13H13FN2O2. The molecule has 1 heterocycles. The van der Waals surface area contributed by atoms with Crippen LogP contribution in [-0.2, 0) is 13.5 Å². The Morgan fingerprint density at radius 3 is 2.83 bits per heavy atom. The zero-order valence-electron chi connectivity index (χ0n) is 10.2. The van der Waals surface area contributed by atoms with Gasteiger partial charge < -0.3 is 4.74 Å². The van der Waals surface area contributed by atoms with Crippen LogP contribution in [0.4, 0.5) is 4.39 Å². The van der Waals surface area contributed by atoms with E-state index in [2.05, 4.69) is 5.10 Å². The van der Waals surface area contributed by atoms with Gasteiger partial charge >= 0.3 is 0 Å². The van der Waals surface area contributed by atoms with Crippen LogP contribution < -0.4 is 4.74 Å². The molecule has 0 N–H and O–H groups in total. The Balaban J connectivity index is 2.14. The number of Topliss-reactive ketones (excluding diaryl/α,β-unsaturated/α-hetero) is 1. The van der Waals surface area contributed by atoms with Crippen molar-refractivity contribution in [1.29, 1.82) is 0 Å². The van der Waals surface area contributed by atoms with E-state index >= 15 is 0 Å². The van der Waals surface area contributed by atoms with Crippen molar-refractivity contribution < 1.29 is 13.9 Å². The van der Waals surface area contributed by atoms with Crippen molar-refractivity contribution in [2.45, 2.75) is 6.42 Å². The van der Waals surface area contributed by atoms with E-state index in [1.165, 1.54) is 25.4 Å². The van der Waals surface area contributed by atoms with Crippen LogP contribution in [0, 0.1) is 5.82 Å². The largest absolute Gasteiger partial charge is 0.494 e. The standard InChI is InChI=1S/C13H13FN2O2/c1-16-8-10(7-15-16)12(17)6-9-3-4-13(18-2)11(14)5-9/h3-5,7-8H,6H2,1-2H3. The van der Waals surface area contributed by atoms with Crippen LogP contribution in [0.3, 0.4) is 0 Å². The lowest BCUT2D eigenvalue weighted by atomic mass is 10.1. The van der Waals surface area contributed by atoms with Gasteiger partial charge in [0.1, 0.15) is 0 Å². The summed E-state index contributed by atoms with van der Waals surface area (Å²) in [5, 5.41) is 3.93. The first-order valence-electron chi connectivity index (χ1n) is 5.44. The summed E-state index contributed by atoms with van der Waals surface area (Å²) in [7, 11) is 3.14. The van der Waals surface area contributed by atoms with Crippen molar-refractivity contribution in [1.82, 2.24) is 9.78 Å². The monoisotopic (exact) mass is 248 g/mol. The van der Waals surface area contributed by atoms with Gasteiger partial charge in [0.15, 0.2) is 17.3 Å². The van der Waals surface area contributed by atoms with Crippen molar-refractivity contribution >= 4 is 5.78 Å². The second-order valence-corrected chi connectivity index (χ2v) is 3.97. The molecule has 4 nitrogen and oxygen atoms in total. The summed E-state index contributed by atoms with van der Waals surface area (Å²) in [5.41, 5.74) is 1.14. The van der Waals surface area contributed by atoms with Crippen molar-refractivity contribution in [3.8, 4) is 5.75 Å². The predicted molar refractivity (Wildman–Crippen MR) is 64.2 cm³/mol. The second kappa shape index (κ2) is 5.00. The molecule has 0 aliphatic rings. The zero-order valence-corrected chi connectivity index (χ0v) is 10.2. The SMILES string of the molecule is COc1ccc(CC(=O)c2cnn(C)c2)cc1F. The van der Waals surface area contributed by atoms with Crippen LogP contribution in [0.1, 0.15) is 15.9 Å². The number of hydrogen-bond acceptors (Lipinski definition) is 3. The molecule has 0 spiro atoms. The minimum absolute atomic E-state index is 0.0901. The smallest absolute Gasteiger partial charge is 0.170 e. The molecule has 0 saturated carbocycles. The third-order valence-corrected chi connectivity index (χ3v) is 2.61. The first-order chi connectivity index (χ1) is 8.60. The molecule has 0 fully saturated rings. The van der Waals surface area contributed by atoms with Crippen molar-refractivity contribution in [3.05, 3.63) is 47.5 Å². The van der Waals surface area contributed by atoms with Crippen LogP contribution in [0.25, 0.3) is 0 Å². The van der Waals surface area contributed by atoms with E-state index in [4.69, 9.17) is 4.74 Å². The van der Waals surface area contributed by atoms with Gasteiger partial charge in [0.05, 0.1) is 18.9 Å². The van der Waals surface area contributed by atoms with Gasteiger partial charge in [0.2, 0.25) is 0 Å². The Morgan fingerprint density at radius 1 is 1.50 bits per heavy atom. The highest BCUT2D eigenvalue weighted by atomic mass is 19.1. The van der Waals surface area contributed by atoms with Gasteiger partial charge in [-0.25, -0.2) is 4.39 Å². The molecule has 5 heteroatoms. The zero-order chi connectivity index (χ0) is 13.1. The number of rotatable bonds is 4. The molecule has 2 aromatic rings. The number of aryl methyl sites for hydroxylation is 1. The average molecular weight is 248 g/mol. The number of carbonyl (C=O) groups is 1. The molecule has 0 saturated heterocycles. The molecule has 0 atom stereocenters. The number of nitrogens with zero attached hydrogens (tertiary/aromatic N) is 2. The minimum atomic E-state index is -0.464. The molecule has 18 heavy (non-hydrogen) atoms. The van der Waals surface area contributed by atoms with Gasteiger partial charge in [-0.3, -0.25) is 9.48 Å². The fraction of sp³-hybridized carbons (Fsp3) is 0.231. The van der Waals surface area contributed by atoms with E-state index in [-0.39, 0.29) is 18.0 Å². The first kappa shape index (κ1) is 12.3. The maximum absolute atomic E-state index is 13.5. The number of aromatic nitrogens is 2. The van der Waals surface area contributed by atoms with Crippen LogP contribution in [0.2, 0.25) is 0 Å². The topological polar surface area (TPSA) is 44.1 Å². The normalized spacial score (nSPS) is 10.4. The maximum Gasteiger partial charge on any atom is 0.170 e. The molecule has 0 amide bonds. The maximum atomic E-state index is 13.5. The third kappa shape index (κ3) is 2.56. The summed E-state index contributed by atoms with van der Waals surface area (Å²) in [6, 6.07) is 4.50. The van der Waals surface area contributed by atoms with Crippen LogP contribution in [-0.4, -0.2) is 22.7 Å². The van der Waals surface area contributed by atoms with Crippen LogP contribution in [0.5, 0.6) is 5.75 Å². The summed E-state index contributed by atoms with van der Waals surface area (Å²) in [5.74, 6) is -0.380. The average Bonchev–Trinajstić information content (AvgIpc) is 2.76. The van der Waals surface area contributed by atoms with E-state index < -0.39 is 5.82 Å². The number of ether oxygens (including phenoxy) is 1. The second-order valence-electron chi connectivity index (χ2n) is 3.97. The van der Waals surface area contributed by atoms with Gasteiger partial charge in [-0.15, -0.1) is 0 Å². The molecular weight excluding hydrogens is 235 g/mol. The van der Waals surface area contributed by atoms with Crippen LogP contribution >= 0.6 is 0 Å². The van der Waals surface area contributed by atoms with Crippen molar-refractivity contribution in [3.63, 3.8) is 0 Å². The van der Waals surface area contributed by atoms with E-state index in [0.717, 1.165) is 0 Å².